The van der Waals surface area contributed by atoms with Crippen LogP contribution in [0, 0.1) is 17.8 Å². The van der Waals surface area contributed by atoms with Gasteiger partial charge in [0.1, 0.15) is 16.7 Å². The van der Waals surface area contributed by atoms with Crippen molar-refractivity contribution in [2.75, 3.05) is 31.7 Å². The smallest absolute Gasteiger partial charge is 0.263 e. The fraction of sp³-hybridized carbons (Fsp3) is 0.474. The Balaban J connectivity index is 1.41. The highest BCUT2D eigenvalue weighted by molar-refractivity contribution is 7.84. The molecule has 7 atom stereocenters. The largest absolute Gasteiger partial charge is 0.491 e. The Labute approximate surface area is 286 Å². The van der Waals surface area contributed by atoms with Gasteiger partial charge in [-0.05, 0) is 97.9 Å². The first-order valence-corrected chi connectivity index (χ1v) is 18.5. The lowest BCUT2D eigenvalue weighted by Gasteiger charge is -2.44. The SMILES string of the molecule is CCCc1cc(Cl)ccc1C1COc2ccc3cc2N(C1)CC1CCC1C(c1cccc(OC)n1)/C=C/CC(C)C(C)S(=O)NC3=O. The molecule has 3 aromatic rings. The van der Waals surface area contributed by atoms with Gasteiger partial charge in [0.2, 0.25) is 5.88 Å². The molecular weight excluding hydrogens is 630 g/mol. The van der Waals surface area contributed by atoms with E-state index in [1.165, 1.54) is 11.1 Å². The normalized spacial score (nSPS) is 28.6. The van der Waals surface area contributed by atoms with E-state index in [4.69, 9.17) is 26.1 Å². The highest BCUT2D eigenvalue weighted by Crippen LogP contribution is 2.47. The van der Waals surface area contributed by atoms with Crippen LogP contribution in [0.3, 0.4) is 0 Å². The molecule has 9 heteroatoms. The summed E-state index contributed by atoms with van der Waals surface area (Å²) in [7, 11) is 0.119. The topological polar surface area (TPSA) is 80.8 Å². The van der Waals surface area contributed by atoms with E-state index in [0.717, 1.165) is 67.3 Å². The quantitative estimate of drug-likeness (QED) is 0.277. The van der Waals surface area contributed by atoms with Crippen molar-refractivity contribution in [3.63, 3.8) is 0 Å². The third-order valence-corrected chi connectivity index (χ3v) is 12.1. The second-order valence-electron chi connectivity index (χ2n) is 13.4. The second-order valence-corrected chi connectivity index (χ2v) is 15.4. The predicted molar refractivity (Wildman–Crippen MR) is 190 cm³/mol. The molecule has 1 N–H and O–H groups in total. The number of anilines is 1. The number of rotatable bonds is 5. The fourth-order valence-corrected chi connectivity index (χ4v) is 8.52. The standard InChI is InChI=1S/C38H46ClN3O4S/c1-5-8-26-19-30(39)15-17-31(26)29-22-42-21-28-13-16-32(28)33(34-11-7-12-37(40-34)45-4)10-6-9-24(2)25(3)47(44)41-38(43)27-14-18-36(46-23-29)35(42)20-27/h6-7,10-12,14-15,17-20,24-25,28-29,32-33H,5,8-9,13,16,21-23H2,1-4H3,(H,41,43)/b10-6+. The van der Waals surface area contributed by atoms with Crippen LogP contribution in [0.1, 0.15) is 85.5 Å². The summed E-state index contributed by atoms with van der Waals surface area (Å²) in [5, 5.41) is 0.527. The number of amides is 1. The molecular formula is C38H46ClN3O4S. The average molecular weight is 676 g/mol. The number of nitrogens with zero attached hydrogens (tertiary/aromatic N) is 2. The number of fused-ring (bicyclic) bond motifs is 2. The van der Waals surface area contributed by atoms with Crippen molar-refractivity contribution in [3.8, 4) is 11.6 Å². The minimum atomic E-state index is -1.54. The summed E-state index contributed by atoms with van der Waals surface area (Å²) in [6, 6.07) is 17.9. The maximum Gasteiger partial charge on any atom is 0.263 e. The number of halogens is 1. The van der Waals surface area contributed by atoms with Crippen molar-refractivity contribution in [1.29, 1.82) is 0 Å². The molecule has 3 aliphatic rings. The summed E-state index contributed by atoms with van der Waals surface area (Å²) in [6.45, 7) is 8.32. The van der Waals surface area contributed by atoms with Crippen molar-refractivity contribution in [2.45, 2.75) is 70.0 Å². The first-order chi connectivity index (χ1) is 22.7. The lowest BCUT2D eigenvalue weighted by atomic mass is 9.65. The fourth-order valence-electron chi connectivity index (χ4n) is 7.31. The summed E-state index contributed by atoms with van der Waals surface area (Å²) in [5.41, 5.74) is 4.92. The molecule has 250 valence electrons. The molecule has 7 nitrogen and oxygen atoms in total. The number of hydrogen-bond donors (Lipinski definition) is 1. The first-order valence-electron chi connectivity index (χ1n) is 16.9. The summed E-state index contributed by atoms with van der Waals surface area (Å²) in [6.07, 6.45) is 9.48. The van der Waals surface area contributed by atoms with Crippen LogP contribution in [0.5, 0.6) is 11.6 Å². The third-order valence-electron chi connectivity index (χ3n) is 10.4. The predicted octanol–water partition coefficient (Wildman–Crippen LogP) is 7.87. The van der Waals surface area contributed by atoms with Crippen molar-refractivity contribution in [1.82, 2.24) is 9.71 Å². The Morgan fingerprint density at radius 3 is 2.72 bits per heavy atom. The zero-order chi connectivity index (χ0) is 33.1. The number of benzene rings is 2. The molecule has 2 bridgehead atoms. The molecule has 2 aliphatic heterocycles. The van der Waals surface area contributed by atoms with Gasteiger partial charge in [0.15, 0.2) is 0 Å². The Morgan fingerprint density at radius 2 is 1.96 bits per heavy atom. The van der Waals surface area contributed by atoms with Gasteiger partial charge in [0.25, 0.3) is 5.91 Å². The van der Waals surface area contributed by atoms with E-state index in [-0.39, 0.29) is 28.9 Å². The van der Waals surface area contributed by atoms with Gasteiger partial charge in [-0.1, -0.05) is 56.2 Å². The Kier molecular flexibility index (Phi) is 10.6. The van der Waals surface area contributed by atoms with Crippen LogP contribution in [-0.4, -0.2) is 47.2 Å². The maximum atomic E-state index is 13.5. The number of nitrogens with one attached hydrogen (secondary N) is 1. The molecule has 0 spiro atoms. The molecule has 0 radical (unpaired) electrons. The second kappa shape index (κ2) is 14.8. The van der Waals surface area contributed by atoms with E-state index in [2.05, 4.69) is 53.8 Å². The molecule has 7 unspecified atom stereocenters. The molecule has 1 saturated carbocycles. The van der Waals surface area contributed by atoms with E-state index in [0.29, 0.717) is 29.9 Å². The number of carbonyl (C=O) groups is 1. The molecule has 1 amide bonds. The van der Waals surface area contributed by atoms with Crippen LogP contribution >= 0.6 is 11.6 Å². The molecule has 0 saturated heterocycles. The molecule has 1 aromatic heterocycles. The third kappa shape index (κ3) is 7.39. The van der Waals surface area contributed by atoms with Gasteiger partial charge in [0.05, 0.1) is 30.3 Å². The van der Waals surface area contributed by atoms with Gasteiger partial charge in [-0.2, -0.15) is 0 Å². The Bertz CT molecular complexity index is 1650. The van der Waals surface area contributed by atoms with Crippen molar-refractivity contribution in [3.05, 3.63) is 94.2 Å². The van der Waals surface area contributed by atoms with Crippen LogP contribution in [0.25, 0.3) is 0 Å². The van der Waals surface area contributed by atoms with Crippen LogP contribution in [0.2, 0.25) is 5.02 Å². The monoisotopic (exact) mass is 675 g/mol. The average Bonchev–Trinajstić information content (AvgIpc) is 3.24. The van der Waals surface area contributed by atoms with Crippen molar-refractivity contribution < 1.29 is 18.5 Å². The number of carbonyl (C=O) groups excluding carboxylic acids is 1. The van der Waals surface area contributed by atoms with Crippen molar-refractivity contribution in [2.24, 2.45) is 17.8 Å². The summed E-state index contributed by atoms with van der Waals surface area (Å²) >= 11 is 6.46. The highest BCUT2D eigenvalue weighted by Gasteiger charge is 2.40. The van der Waals surface area contributed by atoms with Crippen LogP contribution < -0.4 is 19.1 Å². The van der Waals surface area contributed by atoms with E-state index >= 15 is 0 Å². The number of aromatic nitrogens is 1. The lowest BCUT2D eigenvalue weighted by molar-refractivity contribution is 0.0982. The number of methoxy groups -OCH3 is 1. The van der Waals surface area contributed by atoms with Gasteiger partial charge in [-0.25, -0.2) is 9.19 Å². The van der Waals surface area contributed by atoms with Gasteiger partial charge in [0, 0.05) is 41.6 Å². The van der Waals surface area contributed by atoms with Crippen LogP contribution in [0.4, 0.5) is 5.69 Å². The summed E-state index contributed by atoms with van der Waals surface area (Å²) in [4.78, 5) is 20.8. The first kappa shape index (κ1) is 33.5. The number of ether oxygens (including phenoxy) is 2. The molecule has 3 heterocycles. The van der Waals surface area contributed by atoms with Gasteiger partial charge >= 0.3 is 0 Å². The summed E-state index contributed by atoms with van der Waals surface area (Å²) < 4.78 is 28.2. The number of allylic oxidation sites excluding steroid dienone is 2. The van der Waals surface area contributed by atoms with E-state index < -0.39 is 11.0 Å². The Morgan fingerprint density at radius 1 is 1.11 bits per heavy atom. The molecule has 47 heavy (non-hydrogen) atoms. The molecule has 1 fully saturated rings. The number of hydrogen-bond acceptors (Lipinski definition) is 6. The van der Waals surface area contributed by atoms with Crippen LogP contribution in [-0.2, 0) is 17.4 Å². The molecule has 6 rings (SSSR count). The van der Waals surface area contributed by atoms with Gasteiger partial charge < -0.3 is 14.4 Å². The van der Waals surface area contributed by atoms with E-state index in [9.17, 15) is 9.00 Å². The van der Waals surface area contributed by atoms with Crippen LogP contribution in [0.15, 0.2) is 66.7 Å². The van der Waals surface area contributed by atoms with E-state index in [1.54, 1.807) is 13.2 Å². The van der Waals surface area contributed by atoms with Crippen molar-refractivity contribution >= 4 is 34.2 Å². The number of pyridine rings is 1. The maximum absolute atomic E-state index is 13.5. The van der Waals surface area contributed by atoms with Gasteiger partial charge in [-0.3, -0.25) is 9.52 Å². The molecule has 2 aromatic carbocycles. The highest BCUT2D eigenvalue weighted by atomic mass is 35.5. The zero-order valence-electron chi connectivity index (χ0n) is 27.8. The summed E-state index contributed by atoms with van der Waals surface area (Å²) in [5.74, 6) is 2.21. The van der Waals surface area contributed by atoms with Gasteiger partial charge in [-0.15, -0.1) is 0 Å². The molecule has 1 aliphatic carbocycles. The minimum absolute atomic E-state index is 0.106. The Hall–Kier alpha value is -3.36. The zero-order valence-corrected chi connectivity index (χ0v) is 29.4. The lowest BCUT2D eigenvalue weighted by Crippen LogP contribution is -2.42. The number of aryl methyl sites for hydroxylation is 1. The van der Waals surface area contributed by atoms with E-state index in [1.807, 2.05) is 37.3 Å². The minimum Gasteiger partial charge on any atom is -0.491 e.